The van der Waals surface area contributed by atoms with E-state index in [-0.39, 0.29) is 0 Å². The van der Waals surface area contributed by atoms with Crippen LogP contribution in [0.25, 0.3) is 0 Å². The van der Waals surface area contributed by atoms with Crippen LogP contribution in [-0.2, 0) is 0 Å². The zero-order chi connectivity index (χ0) is 6.69. The second kappa shape index (κ2) is 3.18. The molecule has 0 aromatic carbocycles. The molecule has 1 fully saturated rings. The van der Waals surface area contributed by atoms with E-state index in [1.807, 2.05) is 7.05 Å². The van der Waals surface area contributed by atoms with Crippen LogP contribution in [0.1, 0.15) is 19.8 Å². The Bertz CT molecular complexity index is 83.0. The molecule has 2 N–H and O–H groups in total. The lowest BCUT2D eigenvalue weighted by Gasteiger charge is -2.27. The van der Waals surface area contributed by atoms with Crippen LogP contribution in [0.5, 0.6) is 0 Å². The molecule has 1 rings (SSSR count). The van der Waals surface area contributed by atoms with E-state index in [1.54, 1.807) is 0 Å². The Morgan fingerprint density at radius 1 is 1.56 bits per heavy atom. The van der Waals surface area contributed by atoms with Crippen molar-refractivity contribution >= 4 is 0 Å². The average Bonchev–Trinajstić information content (AvgIpc) is 1.88. The molecule has 0 saturated carbocycles. The highest BCUT2D eigenvalue weighted by molar-refractivity contribution is 4.78. The zero-order valence-electron chi connectivity index (χ0n) is 6.28. The van der Waals surface area contributed by atoms with E-state index >= 15 is 0 Å². The van der Waals surface area contributed by atoms with Crippen molar-refractivity contribution in [2.45, 2.75) is 31.8 Å². The van der Waals surface area contributed by atoms with E-state index in [0.717, 1.165) is 6.04 Å². The van der Waals surface area contributed by atoms with Gasteiger partial charge in [-0.2, -0.15) is 0 Å². The number of piperidine rings is 1. The van der Waals surface area contributed by atoms with Crippen LogP contribution in [0.15, 0.2) is 0 Å². The fraction of sp³-hybridized carbons (Fsp3) is 1.00. The summed E-state index contributed by atoms with van der Waals surface area (Å²) < 4.78 is 0. The molecule has 0 amide bonds. The van der Waals surface area contributed by atoms with Gasteiger partial charge in [-0.05, 0) is 33.4 Å². The van der Waals surface area contributed by atoms with E-state index in [9.17, 15) is 0 Å². The Balaban J connectivity index is 2.23. The van der Waals surface area contributed by atoms with E-state index < -0.39 is 0 Å². The molecular formula is C7H16N2. The van der Waals surface area contributed by atoms with Gasteiger partial charge < -0.3 is 10.6 Å². The van der Waals surface area contributed by atoms with Crippen molar-refractivity contribution in [3.63, 3.8) is 0 Å². The molecule has 1 aliphatic rings. The summed E-state index contributed by atoms with van der Waals surface area (Å²) in [6, 6.07) is 1.46. The van der Waals surface area contributed by atoms with E-state index in [4.69, 9.17) is 0 Å². The van der Waals surface area contributed by atoms with Crippen molar-refractivity contribution in [1.29, 1.82) is 0 Å². The Morgan fingerprint density at radius 3 is 2.78 bits per heavy atom. The first kappa shape index (κ1) is 7.03. The fourth-order valence-corrected chi connectivity index (χ4v) is 1.39. The van der Waals surface area contributed by atoms with Gasteiger partial charge in [0, 0.05) is 12.1 Å². The summed E-state index contributed by atoms with van der Waals surface area (Å²) in [6.07, 6.45) is 2.55. The van der Waals surface area contributed by atoms with Crippen LogP contribution >= 0.6 is 0 Å². The molecule has 1 aliphatic heterocycles. The van der Waals surface area contributed by atoms with Crippen LogP contribution in [0.2, 0.25) is 0 Å². The minimum atomic E-state index is 0.705. The van der Waals surface area contributed by atoms with Gasteiger partial charge in [-0.15, -0.1) is 0 Å². The van der Waals surface area contributed by atoms with Crippen molar-refractivity contribution < 1.29 is 0 Å². The zero-order valence-corrected chi connectivity index (χ0v) is 6.28. The summed E-state index contributed by atoms with van der Waals surface area (Å²) in [6.45, 7) is 3.41. The summed E-state index contributed by atoms with van der Waals surface area (Å²) in [5.41, 5.74) is 0. The summed E-state index contributed by atoms with van der Waals surface area (Å²) in [7, 11) is 2.04. The third kappa shape index (κ3) is 1.95. The van der Waals surface area contributed by atoms with Crippen LogP contribution in [0.4, 0.5) is 0 Å². The highest BCUT2D eigenvalue weighted by atomic mass is 15.0. The maximum absolute atomic E-state index is 3.41. The van der Waals surface area contributed by atoms with Gasteiger partial charge in [-0.3, -0.25) is 0 Å². The van der Waals surface area contributed by atoms with E-state index in [2.05, 4.69) is 17.6 Å². The molecule has 2 atom stereocenters. The molecule has 1 heterocycles. The van der Waals surface area contributed by atoms with Crippen molar-refractivity contribution in [3.8, 4) is 0 Å². The summed E-state index contributed by atoms with van der Waals surface area (Å²) in [5.74, 6) is 0. The monoisotopic (exact) mass is 128 g/mol. The van der Waals surface area contributed by atoms with Crippen LogP contribution in [-0.4, -0.2) is 25.7 Å². The first-order chi connectivity index (χ1) is 4.33. The molecule has 2 heteroatoms. The number of hydrogen-bond acceptors (Lipinski definition) is 2. The van der Waals surface area contributed by atoms with E-state index in [1.165, 1.54) is 19.4 Å². The standard InChI is InChI=1S/C7H16N2/c1-6-5-7(8-2)3-4-9-6/h6-9H,3-5H2,1-2H3/t6-,7+/m0/s1. The molecule has 0 spiro atoms. The van der Waals surface area contributed by atoms with Gasteiger partial charge in [-0.25, -0.2) is 0 Å². The minimum Gasteiger partial charge on any atom is -0.317 e. The molecular weight excluding hydrogens is 112 g/mol. The largest absolute Gasteiger partial charge is 0.317 e. The maximum atomic E-state index is 3.41. The lowest BCUT2D eigenvalue weighted by atomic mass is 10.0. The van der Waals surface area contributed by atoms with Gasteiger partial charge in [0.1, 0.15) is 0 Å². The molecule has 0 radical (unpaired) electrons. The predicted octanol–water partition coefficient (Wildman–Crippen LogP) is 0.346. The summed E-state index contributed by atoms with van der Waals surface area (Å²) >= 11 is 0. The lowest BCUT2D eigenvalue weighted by molar-refractivity contribution is 0.347. The quantitative estimate of drug-likeness (QED) is 0.532. The summed E-state index contributed by atoms with van der Waals surface area (Å²) in [5, 5.41) is 6.70. The second-order valence-corrected chi connectivity index (χ2v) is 2.87. The molecule has 0 unspecified atom stereocenters. The Morgan fingerprint density at radius 2 is 2.33 bits per heavy atom. The highest BCUT2D eigenvalue weighted by Crippen LogP contribution is 2.06. The minimum absolute atomic E-state index is 0.705. The Kier molecular flexibility index (Phi) is 2.49. The van der Waals surface area contributed by atoms with Gasteiger partial charge in [0.15, 0.2) is 0 Å². The third-order valence-electron chi connectivity index (χ3n) is 2.03. The second-order valence-electron chi connectivity index (χ2n) is 2.87. The molecule has 9 heavy (non-hydrogen) atoms. The van der Waals surface area contributed by atoms with Gasteiger partial charge in [-0.1, -0.05) is 0 Å². The van der Waals surface area contributed by atoms with Gasteiger partial charge in [0.25, 0.3) is 0 Å². The maximum Gasteiger partial charge on any atom is 0.00908 e. The van der Waals surface area contributed by atoms with Crippen LogP contribution in [0.3, 0.4) is 0 Å². The summed E-state index contributed by atoms with van der Waals surface area (Å²) in [4.78, 5) is 0. The number of rotatable bonds is 1. The van der Waals surface area contributed by atoms with Crippen molar-refractivity contribution in [2.24, 2.45) is 0 Å². The van der Waals surface area contributed by atoms with Gasteiger partial charge in [0.2, 0.25) is 0 Å². The van der Waals surface area contributed by atoms with Crippen LogP contribution in [0, 0.1) is 0 Å². The normalized spacial score (nSPS) is 36.7. The topological polar surface area (TPSA) is 24.1 Å². The first-order valence-electron chi connectivity index (χ1n) is 3.73. The third-order valence-corrected chi connectivity index (χ3v) is 2.03. The molecule has 1 saturated heterocycles. The van der Waals surface area contributed by atoms with Crippen molar-refractivity contribution in [3.05, 3.63) is 0 Å². The molecule has 0 bridgehead atoms. The first-order valence-corrected chi connectivity index (χ1v) is 3.73. The Hall–Kier alpha value is -0.0800. The molecule has 0 aromatic rings. The number of nitrogens with one attached hydrogen (secondary N) is 2. The Labute approximate surface area is 57.0 Å². The lowest BCUT2D eigenvalue weighted by Crippen LogP contribution is -2.43. The highest BCUT2D eigenvalue weighted by Gasteiger charge is 2.15. The van der Waals surface area contributed by atoms with Crippen LogP contribution < -0.4 is 10.6 Å². The smallest absolute Gasteiger partial charge is 0.00908 e. The van der Waals surface area contributed by atoms with Crippen molar-refractivity contribution in [2.75, 3.05) is 13.6 Å². The van der Waals surface area contributed by atoms with Gasteiger partial charge >= 0.3 is 0 Å². The SMILES string of the molecule is CN[C@@H]1CCN[C@@H](C)C1. The average molecular weight is 128 g/mol. The molecule has 2 nitrogen and oxygen atoms in total. The van der Waals surface area contributed by atoms with Crippen molar-refractivity contribution in [1.82, 2.24) is 10.6 Å². The number of hydrogen-bond donors (Lipinski definition) is 2. The fourth-order valence-electron chi connectivity index (χ4n) is 1.39. The molecule has 54 valence electrons. The molecule has 0 aliphatic carbocycles. The molecule has 0 aromatic heterocycles. The predicted molar refractivity (Wildman–Crippen MR) is 39.5 cm³/mol. The van der Waals surface area contributed by atoms with E-state index in [0.29, 0.717) is 6.04 Å². The van der Waals surface area contributed by atoms with Gasteiger partial charge in [0.05, 0.1) is 0 Å².